The Morgan fingerprint density at radius 1 is 1.11 bits per heavy atom. The summed E-state index contributed by atoms with van der Waals surface area (Å²) in [4.78, 5) is 26.3. The van der Waals surface area contributed by atoms with Gasteiger partial charge < -0.3 is 14.4 Å². The molecule has 5 nitrogen and oxygen atoms in total. The van der Waals surface area contributed by atoms with Crippen LogP contribution in [-0.4, -0.2) is 36.0 Å². The molecular formula is C21H23Cl2NO4. The van der Waals surface area contributed by atoms with Crippen LogP contribution in [0.5, 0.6) is 5.75 Å². The van der Waals surface area contributed by atoms with E-state index in [1.165, 1.54) is 0 Å². The highest BCUT2D eigenvalue weighted by atomic mass is 35.5. The van der Waals surface area contributed by atoms with Gasteiger partial charge in [-0.3, -0.25) is 9.59 Å². The van der Waals surface area contributed by atoms with E-state index in [-0.39, 0.29) is 24.8 Å². The molecule has 2 aromatic rings. The van der Waals surface area contributed by atoms with E-state index in [1.54, 1.807) is 36.9 Å². The van der Waals surface area contributed by atoms with Crippen LogP contribution in [0.15, 0.2) is 48.5 Å². The first-order valence-electron chi connectivity index (χ1n) is 9.00. The molecule has 0 aliphatic carbocycles. The SMILES string of the molecule is CCOC(=O)CCN(Cc1ccccc1)C(=O)C(C)Oc1ccc(Cl)cc1Cl. The minimum Gasteiger partial charge on any atom is -0.479 e. The molecule has 0 spiro atoms. The van der Waals surface area contributed by atoms with E-state index < -0.39 is 6.10 Å². The van der Waals surface area contributed by atoms with Gasteiger partial charge in [-0.2, -0.15) is 0 Å². The Labute approximate surface area is 175 Å². The number of hydrogen-bond donors (Lipinski definition) is 0. The first kappa shape index (κ1) is 22.1. The Morgan fingerprint density at radius 2 is 1.82 bits per heavy atom. The van der Waals surface area contributed by atoms with E-state index in [9.17, 15) is 9.59 Å². The number of carbonyl (C=O) groups is 2. The molecule has 2 rings (SSSR count). The average Bonchev–Trinajstić information content (AvgIpc) is 2.67. The molecule has 1 atom stereocenters. The van der Waals surface area contributed by atoms with Gasteiger partial charge in [0, 0.05) is 18.1 Å². The lowest BCUT2D eigenvalue weighted by atomic mass is 10.2. The Morgan fingerprint density at radius 3 is 2.46 bits per heavy atom. The summed E-state index contributed by atoms with van der Waals surface area (Å²) < 4.78 is 10.7. The summed E-state index contributed by atoms with van der Waals surface area (Å²) in [7, 11) is 0. The molecule has 1 unspecified atom stereocenters. The third kappa shape index (κ3) is 6.73. The molecule has 150 valence electrons. The highest BCUT2D eigenvalue weighted by molar-refractivity contribution is 6.35. The summed E-state index contributed by atoms with van der Waals surface area (Å²) >= 11 is 12.0. The molecule has 0 saturated heterocycles. The van der Waals surface area contributed by atoms with Crippen molar-refractivity contribution in [2.75, 3.05) is 13.2 Å². The molecule has 0 N–H and O–H groups in total. The highest BCUT2D eigenvalue weighted by Gasteiger charge is 2.24. The Balaban J connectivity index is 2.10. The summed E-state index contributed by atoms with van der Waals surface area (Å²) in [5.41, 5.74) is 0.955. The maximum Gasteiger partial charge on any atom is 0.307 e. The summed E-state index contributed by atoms with van der Waals surface area (Å²) in [5.74, 6) is -0.223. The van der Waals surface area contributed by atoms with E-state index in [0.29, 0.717) is 28.9 Å². The van der Waals surface area contributed by atoms with E-state index in [4.69, 9.17) is 32.7 Å². The van der Waals surface area contributed by atoms with E-state index >= 15 is 0 Å². The van der Waals surface area contributed by atoms with Crippen molar-refractivity contribution in [2.24, 2.45) is 0 Å². The van der Waals surface area contributed by atoms with Crippen molar-refractivity contribution in [1.82, 2.24) is 4.90 Å². The van der Waals surface area contributed by atoms with E-state index in [1.807, 2.05) is 30.3 Å². The van der Waals surface area contributed by atoms with Crippen LogP contribution < -0.4 is 4.74 Å². The van der Waals surface area contributed by atoms with E-state index in [2.05, 4.69) is 0 Å². The number of amides is 1. The maximum absolute atomic E-state index is 13.0. The first-order valence-corrected chi connectivity index (χ1v) is 9.76. The van der Waals surface area contributed by atoms with Crippen LogP contribution in [-0.2, 0) is 20.9 Å². The van der Waals surface area contributed by atoms with Crippen molar-refractivity contribution < 1.29 is 19.1 Å². The monoisotopic (exact) mass is 423 g/mol. The fourth-order valence-electron chi connectivity index (χ4n) is 2.60. The van der Waals surface area contributed by atoms with Gasteiger partial charge in [0.2, 0.25) is 0 Å². The second kappa shape index (κ2) is 10.9. The van der Waals surface area contributed by atoms with E-state index in [0.717, 1.165) is 5.56 Å². The molecule has 2 aromatic carbocycles. The normalized spacial score (nSPS) is 11.6. The van der Waals surface area contributed by atoms with Crippen molar-refractivity contribution in [2.45, 2.75) is 32.9 Å². The summed E-state index contributed by atoms with van der Waals surface area (Å²) in [6, 6.07) is 14.4. The molecule has 0 aromatic heterocycles. The summed E-state index contributed by atoms with van der Waals surface area (Å²) in [5, 5.41) is 0.810. The van der Waals surface area contributed by atoms with Gasteiger partial charge >= 0.3 is 5.97 Å². The molecule has 0 bridgehead atoms. The molecule has 0 saturated carbocycles. The van der Waals surface area contributed by atoms with Crippen LogP contribution in [0.3, 0.4) is 0 Å². The average molecular weight is 424 g/mol. The minimum absolute atomic E-state index is 0.112. The fraction of sp³-hybridized carbons (Fsp3) is 0.333. The predicted octanol–water partition coefficient (Wildman–Crippen LogP) is 4.74. The molecule has 0 radical (unpaired) electrons. The van der Waals surface area contributed by atoms with Gasteiger partial charge in [-0.05, 0) is 37.6 Å². The molecular weight excluding hydrogens is 401 g/mol. The number of carbonyl (C=O) groups excluding carboxylic acids is 2. The molecule has 1 amide bonds. The second-order valence-electron chi connectivity index (χ2n) is 6.14. The number of ether oxygens (including phenoxy) is 2. The van der Waals surface area contributed by atoms with Gasteiger partial charge in [0.1, 0.15) is 5.75 Å². The molecule has 7 heteroatoms. The number of esters is 1. The van der Waals surface area contributed by atoms with Crippen LogP contribution >= 0.6 is 23.2 Å². The maximum atomic E-state index is 13.0. The van der Waals surface area contributed by atoms with Crippen LogP contribution in [0.4, 0.5) is 0 Å². The second-order valence-corrected chi connectivity index (χ2v) is 6.98. The standard InChI is InChI=1S/C21H23Cl2NO4/c1-3-27-20(25)11-12-24(14-16-7-5-4-6-8-16)21(26)15(2)28-19-10-9-17(22)13-18(19)23/h4-10,13,15H,3,11-12,14H2,1-2H3. The van der Waals surface area contributed by atoms with Crippen LogP contribution in [0.2, 0.25) is 10.0 Å². The van der Waals surface area contributed by atoms with Crippen LogP contribution in [0.1, 0.15) is 25.8 Å². The Kier molecular flexibility index (Phi) is 8.61. The van der Waals surface area contributed by atoms with Gasteiger partial charge in [0.15, 0.2) is 6.10 Å². The summed E-state index contributed by atoms with van der Waals surface area (Å²) in [6.07, 6.45) is -0.675. The number of nitrogens with zero attached hydrogens (tertiary/aromatic N) is 1. The first-order chi connectivity index (χ1) is 13.4. The zero-order valence-corrected chi connectivity index (χ0v) is 17.4. The quantitative estimate of drug-likeness (QED) is 0.546. The van der Waals surface area contributed by atoms with Crippen molar-refractivity contribution in [1.29, 1.82) is 0 Å². The molecule has 0 heterocycles. The lowest BCUT2D eigenvalue weighted by Gasteiger charge is -2.26. The van der Waals surface area contributed by atoms with Gasteiger partial charge in [-0.1, -0.05) is 53.5 Å². The molecule has 0 fully saturated rings. The third-order valence-corrected chi connectivity index (χ3v) is 4.50. The van der Waals surface area contributed by atoms with Gasteiger partial charge in [0.25, 0.3) is 5.91 Å². The molecule has 0 aliphatic rings. The van der Waals surface area contributed by atoms with Crippen LogP contribution in [0.25, 0.3) is 0 Å². The van der Waals surface area contributed by atoms with Gasteiger partial charge in [-0.15, -0.1) is 0 Å². The number of benzene rings is 2. The smallest absolute Gasteiger partial charge is 0.307 e. The number of halogens is 2. The fourth-order valence-corrected chi connectivity index (χ4v) is 3.05. The summed E-state index contributed by atoms with van der Waals surface area (Å²) in [6.45, 7) is 4.29. The van der Waals surface area contributed by atoms with Crippen molar-refractivity contribution in [3.63, 3.8) is 0 Å². The van der Waals surface area contributed by atoms with Gasteiger partial charge in [-0.25, -0.2) is 0 Å². The van der Waals surface area contributed by atoms with Crippen molar-refractivity contribution >= 4 is 35.1 Å². The molecule has 28 heavy (non-hydrogen) atoms. The lowest BCUT2D eigenvalue weighted by Crippen LogP contribution is -2.41. The lowest BCUT2D eigenvalue weighted by molar-refractivity contribution is -0.145. The molecule has 0 aliphatic heterocycles. The van der Waals surface area contributed by atoms with Crippen molar-refractivity contribution in [3.05, 3.63) is 64.1 Å². The minimum atomic E-state index is -0.787. The van der Waals surface area contributed by atoms with Gasteiger partial charge in [0.05, 0.1) is 18.1 Å². The predicted molar refractivity (Wildman–Crippen MR) is 110 cm³/mol. The topological polar surface area (TPSA) is 55.8 Å². The number of rotatable bonds is 9. The third-order valence-electron chi connectivity index (χ3n) is 3.96. The zero-order valence-electron chi connectivity index (χ0n) is 15.9. The zero-order chi connectivity index (χ0) is 20.5. The van der Waals surface area contributed by atoms with Crippen molar-refractivity contribution in [3.8, 4) is 5.75 Å². The Hall–Kier alpha value is -2.24. The largest absolute Gasteiger partial charge is 0.479 e. The highest BCUT2D eigenvalue weighted by Crippen LogP contribution is 2.28. The number of hydrogen-bond acceptors (Lipinski definition) is 4. The van der Waals surface area contributed by atoms with Crippen LogP contribution in [0, 0.1) is 0 Å². The Bertz CT molecular complexity index is 798.